The summed E-state index contributed by atoms with van der Waals surface area (Å²) in [6.45, 7) is 1.35. The third-order valence-electron chi connectivity index (χ3n) is 6.71. The van der Waals surface area contributed by atoms with Crippen molar-refractivity contribution in [3.05, 3.63) is 0 Å². The molecule has 0 aromatic carbocycles. The Kier molecular flexibility index (Phi) is 15.1. The van der Waals surface area contributed by atoms with Crippen LogP contribution in [0.1, 0.15) is 55.4 Å². The van der Waals surface area contributed by atoms with E-state index >= 15 is 0 Å². The van der Waals surface area contributed by atoms with E-state index in [1.165, 1.54) is 0 Å². The molecular weight excluding hydrogens is 768 g/mol. The standard InChI is InChI=1S/C28H38O27/c1-11(31)43-24(20(10-30)42-23(41)22(40)25(24,44-12(2)32)53-49-16(6)36)52-28(47-15(5)35)27(46-14(4)34,55-51-18(8)38)26(45-13(3)33,54-50-17(7)37)21(39)19(9-29)48-28/h19-23,29-30,39-41H,9-10H2,1-8H3/t19-,20-,21-,22+,23-,24-,25-,26+,27-,28+/m1/s1. The van der Waals surface area contributed by atoms with Crippen LogP contribution in [0.25, 0.3) is 0 Å². The average molecular weight is 807 g/mol. The second-order valence-corrected chi connectivity index (χ2v) is 11.1. The molecule has 2 fully saturated rings. The van der Waals surface area contributed by atoms with Gasteiger partial charge >= 0.3 is 76.9 Å². The minimum atomic E-state index is -4.44. The van der Waals surface area contributed by atoms with E-state index in [1.54, 1.807) is 0 Å². The van der Waals surface area contributed by atoms with Crippen molar-refractivity contribution in [3.63, 3.8) is 0 Å². The number of carbonyl (C=O) groups is 8. The first-order valence-corrected chi connectivity index (χ1v) is 15.2. The molecule has 55 heavy (non-hydrogen) atoms. The molecule has 27 nitrogen and oxygen atoms in total. The second-order valence-electron chi connectivity index (χ2n) is 11.1. The Labute approximate surface area is 307 Å². The molecule has 0 aromatic rings. The summed E-state index contributed by atoms with van der Waals surface area (Å²) in [6, 6.07) is 0. The van der Waals surface area contributed by atoms with Crippen molar-refractivity contribution in [2.45, 2.75) is 115 Å². The molecule has 2 heterocycles. The Bertz CT molecular complexity index is 1500. The van der Waals surface area contributed by atoms with Crippen LogP contribution in [0.5, 0.6) is 0 Å². The van der Waals surface area contributed by atoms with Gasteiger partial charge in [0.25, 0.3) is 0 Å². The first kappa shape index (κ1) is 46.5. The summed E-state index contributed by atoms with van der Waals surface area (Å²) in [5.41, 5.74) is 0. The van der Waals surface area contributed by atoms with Gasteiger partial charge in [-0.15, -0.1) is 14.7 Å². The number of hydrogen-bond acceptors (Lipinski definition) is 27. The fourth-order valence-electron chi connectivity index (χ4n) is 5.10. The van der Waals surface area contributed by atoms with Gasteiger partial charge in [0, 0.05) is 55.4 Å². The van der Waals surface area contributed by atoms with Gasteiger partial charge in [-0.25, -0.2) is 14.4 Å². The molecule has 0 spiro atoms. The van der Waals surface area contributed by atoms with E-state index in [2.05, 4.69) is 14.7 Å². The molecule has 2 saturated heterocycles. The number of rotatable bonds is 15. The van der Waals surface area contributed by atoms with Crippen LogP contribution < -0.4 is 0 Å². The van der Waals surface area contributed by atoms with Crippen molar-refractivity contribution in [2.75, 3.05) is 13.2 Å². The molecule has 0 amide bonds. The Morgan fingerprint density at radius 2 is 0.927 bits per heavy atom. The van der Waals surface area contributed by atoms with Crippen LogP contribution >= 0.6 is 0 Å². The molecule has 2 aliphatic heterocycles. The fourth-order valence-corrected chi connectivity index (χ4v) is 5.10. The Morgan fingerprint density at radius 3 is 1.35 bits per heavy atom. The predicted octanol–water partition coefficient (Wildman–Crippen LogP) is -4.44. The van der Waals surface area contributed by atoms with Crippen LogP contribution in [0.15, 0.2) is 0 Å². The van der Waals surface area contributed by atoms with E-state index in [9.17, 15) is 63.9 Å². The molecule has 27 heteroatoms. The van der Waals surface area contributed by atoms with Gasteiger partial charge in [0.2, 0.25) is 0 Å². The van der Waals surface area contributed by atoms with Crippen molar-refractivity contribution in [1.29, 1.82) is 0 Å². The first-order valence-electron chi connectivity index (χ1n) is 15.2. The first-order chi connectivity index (χ1) is 25.4. The van der Waals surface area contributed by atoms with Gasteiger partial charge in [-0.3, -0.25) is 43.4 Å². The Balaban J connectivity index is 3.52. The highest BCUT2D eigenvalue weighted by Crippen LogP contribution is 2.57. The second kappa shape index (κ2) is 17.8. The molecule has 2 aliphatic rings. The lowest BCUT2D eigenvalue weighted by Crippen LogP contribution is -2.88. The fraction of sp³-hybridized carbons (Fsp3) is 0.714. The number of ether oxygens (including phenoxy) is 8. The molecule has 5 N–H and O–H groups in total. The molecule has 0 bridgehead atoms. The Morgan fingerprint density at radius 1 is 0.509 bits per heavy atom. The number of hydrogen-bond donors (Lipinski definition) is 5. The lowest BCUT2D eigenvalue weighted by Gasteiger charge is -2.60. The highest BCUT2D eigenvalue weighted by molar-refractivity contribution is 5.71. The maximum atomic E-state index is 13.1. The highest BCUT2D eigenvalue weighted by atomic mass is 17.3. The maximum absolute atomic E-state index is 13.1. The highest BCUT2D eigenvalue weighted by Gasteiger charge is 2.90. The quantitative estimate of drug-likeness (QED) is 0.0343. The SMILES string of the molecule is CC(=O)OO[C@]1(OC(C)=O)[C@@H](O)[C@H](O)O[C@H](CO)[C@@]1(OC(C)=O)O[C@@]1(OC(C)=O)O[C@H](CO)[C@@H](O)[C@@](OOC(C)=O)(OC(C)=O)[C@]1(OOC(C)=O)OC(C)=O. The Hall–Kier alpha value is -4.68. The van der Waals surface area contributed by atoms with E-state index in [1.807, 2.05) is 0 Å². The van der Waals surface area contributed by atoms with E-state index in [-0.39, 0.29) is 0 Å². The third kappa shape index (κ3) is 9.07. The van der Waals surface area contributed by atoms with Gasteiger partial charge < -0.3 is 58.7 Å². The topological polar surface area (TPSA) is 367 Å². The minimum absolute atomic E-state index is 0.501. The smallest absolute Gasteiger partial charge is 0.420 e. The number of carbonyl (C=O) groups excluding carboxylic acids is 8. The molecule has 10 atom stereocenters. The summed E-state index contributed by atoms with van der Waals surface area (Å²) in [4.78, 5) is 130. The molecule has 2 rings (SSSR count). The van der Waals surface area contributed by atoms with Crippen LogP contribution in [-0.2, 0) is 106 Å². The molecule has 0 aliphatic carbocycles. The normalized spacial score (nSPS) is 34.2. The van der Waals surface area contributed by atoms with E-state index in [0.29, 0.717) is 55.4 Å². The number of aliphatic hydroxyl groups excluding tert-OH is 5. The van der Waals surface area contributed by atoms with Crippen LogP contribution in [0.2, 0.25) is 0 Å². The molecule has 0 unspecified atom stereocenters. The van der Waals surface area contributed by atoms with Crippen molar-refractivity contribution in [1.82, 2.24) is 0 Å². The van der Waals surface area contributed by atoms with Crippen molar-refractivity contribution in [2.24, 2.45) is 0 Å². The van der Waals surface area contributed by atoms with E-state index < -0.39 is 121 Å². The zero-order chi connectivity index (χ0) is 42.3. The maximum Gasteiger partial charge on any atom is 0.420 e. The zero-order valence-electron chi connectivity index (χ0n) is 30.0. The molecule has 0 radical (unpaired) electrons. The largest absolute Gasteiger partial charge is 0.422 e. The van der Waals surface area contributed by atoms with E-state index in [0.717, 1.165) is 0 Å². The summed E-state index contributed by atoms with van der Waals surface area (Å²) in [5.74, 6) is -33.9. The van der Waals surface area contributed by atoms with Crippen LogP contribution in [0.4, 0.5) is 0 Å². The van der Waals surface area contributed by atoms with Gasteiger partial charge in [0.1, 0.15) is 6.10 Å². The average Bonchev–Trinajstić information content (AvgIpc) is 3.04. The summed E-state index contributed by atoms with van der Waals surface area (Å²) in [6.07, 6.45) is -14.1. The van der Waals surface area contributed by atoms with Crippen LogP contribution in [-0.4, -0.2) is 146 Å². The summed E-state index contributed by atoms with van der Waals surface area (Å²) in [5, 5.41) is 54.7. The van der Waals surface area contributed by atoms with Gasteiger partial charge in [-0.1, -0.05) is 0 Å². The van der Waals surface area contributed by atoms with Crippen molar-refractivity contribution < 1.29 is 131 Å². The van der Waals surface area contributed by atoms with Gasteiger partial charge in [0.15, 0.2) is 24.6 Å². The van der Waals surface area contributed by atoms with Crippen LogP contribution in [0, 0.1) is 0 Å². The van der Waals surface area contributed by atoms with E-state index in [4.69, 9.17) is 52.6 Å². The number of esters is 5. The number of aliphatic hydroxyl groups is 5. The summed E-state index contributed by atoms with van der Waals surface area (Å²) < 4.78 is 42.6. The van der Waals surface area contributed by atoms with Crippen LogP contribution in [0.3, 0.4) is 0 Å². The zero-order valence-corrected chi connectivity index (χ0v) is 30.0. The van der Waals surface area contributed by atoms with Crippen molar-refractivity contribution in [3.8, 4) is 0 Å². The van der Waals surface area contributed by atoms with Gasteiger partial charge in [0.05, 0.1) is 13.2 Å². The monoisotopic (exact) mass is 806 g/mol. The molecule has 0 saturated carbocycles. The lowest BCUT2D eigenvalue weighted by atomic mass is 9.86. The van der Waals surface area contributed by atoms with Gasteiger partial charge in [-0.2, -0.15) is 0 Å². The van der Waals surface area contributed by atoms with Crippen molar-refractivity contribution >= 4 is 47.8 Å². The predicted molar refractivity (Wildman–Crippen MR) is 154 cm³/mol. The minimum Gasteiger partial charge on any atom is -0.422 e. The molecule has 312 valence electrons. The summed E-state index contributed by atoms with van der Waals surface area (Å²) >= 11 is 0. The molecular formula is C28H38O27. The van der Waals surface area contributed by atoms with Gasteiger partial charge in [-0.05, 0) is 0 Å². The molecule has 0 aromatic heterocycles. The lowest BCUT2D eigenvalue weighted by molar-refractivity contribution is -0.657. The third-order valence-corrected chi connectivity index (χ3v) is 6.71. The summed E-state index contributed by atoms with van der Waals surface area (Å²) in [7, 11) is 0.